The van der Waals surface area contributed by atoms with E-state index in [1.165, 1.54) is 144 Å². The van der Waals surface area contributed by atoms with Crippen LogP contribution < -0.4 is 0 Å². The average molecular weight is 1090 g/mol. The third kappa shape index (κ3) is 9.27. The maximum atomic E-state index is 2.41. The SMILES string of the molecule is c1ccc(-c2ccc(-n3c4ccccc4c4cc(-c5ccc6c(c5)c5ccccc5n6-c5ccc(-c6ccc(-c7ccc(-c8cccc(-c9cccc(-c%10ccc(-c%11cccc(-c%12ccccc%12)c%11)cc%10)c9)c8)cc7)cc6)cc5)ccc43)cc2)cc1. The largest absolute Gasteiger partial charge is 0.309 e. The summed E-state index contributed by atoms with van der Waals surface area (Å²) in [5.41, 5.74) is 28.7. The molecule has 0 aliphatic heterocycles. The van der Waals surface area contributed by atoms with Crippen LogP contribution in [0.1, 0.15) is 0 Å². The quantitative estimate of drug-likeness (QED) is 0.122. The lowest BCUT2D eigenvalue weighted by Crippen LogP contribution is -1.94. The molecular weight excluding hydrogens is 1040 g/mol. The summed E-state index contributed by atoms with van der Waals surface area (Å²) in [4.78, 5) is 0. The predicted molar refractivity (Wildman–Crippen MR) is 364 cm³/mol. The Morgan fingerprint density at radius 1 is 0.128 bits per heavy atom. The first kappa shape index (κ1) is 50.4. The van der Waals surface area contributed by atoms with Gasteiger partial charge in [-0.3, -0.25) is 0 Å². The van der Waals surface area contributed by atoms with Gasteiger partial charge in [0.2, 0.25) is 0 Å². The number of para-hydroxylation sites is 2. The van der Waals surface area contributed by atoms with Gasteiger partial charge < -0.3 is 9.13 Å². The van der Waals surface area contributed by atoms with Crippen molar-refractivity contribution in [2.45, 2.75) is 0 Å². The molecule has 0 saturated heterocycles. The van der Waals surface area contributed by atoms with E-state index in [0.717, 1.165) is 11.4 Å². The number of rotatable bonds is 11. The fourth-order valence-electron chi connectivity index (χ4n) is 12.9. The predicted octanol–water partition coefficient (Wildman–Crippen LogP) is 22.9. The first-order chi connectivity index (χ1) is 42.6. The summed E-state index contributed by atoms with van der Waals surface area (Å²) in [6.45, 7) is 0. The molecule has 0 bridgehead atoms. The van der Waals surface area contributed by atoms with Crippen molar-refractivity contribution >= 4 is 43.6 Å². The minimum Gasteiger partial charge on any atom is -0.309 e. The second-order valence-corrected chi connectivity index (χ2v) is 22.5. The van der Waals surface area contributed by atoms with Gasteiger partial charge in [0.1, 0.15) is 0 Å². The lowest BCUT2D eigenvalue weighted by Gasteiger charge is -2.11. The minimum atomic E-state index is 1.14. The number of benzene rings is 14. The minimum absolute atomic E-state index is 1.14. The number of hydrogen-bond donors (Lipinski definition) is 0. The highest BCUT2D eigenvalue weighted by Gasteiger charge is 2.17. The Morgan fingerprint density at radius 2 is 0.337 bits per heavy atom. The summed E-state index contributed by atoms with van der Waals surface area (Å²) in [5.74, 6) is 0. The van der Waals surface area contributed by atoms with Crippen molar-refractivity contribution in [2.24, 2.45) is 0 Å². The van der Waals surface area contributed by atoms with Gasteiger partial charge in [0.15, 0.2) is 0 Å². The van der Waals surface area contributed by atoms with Gasteiger partial charge in [0.05, 0.1) is 22.1 Å². The first-order valence-electron chi connectivity index (χ1n) is 29.6. The second kappa shape index (κ2) is 21.5. The fourth-order valence-corrected chi connectivity index (χ4v) is 12.9. The molecular formula is C84H56N2. The summed E-state index contributed by atoms with van der Waals surface area (Å²) < 4.78 is 4.81. The molecule has 86 heavy (non-hydrogen) atoms. The first-order valence-corrected chi connectivity index (χ1v) is 29.6. The van der Waals surface area contributed by atoms with E-state index in [9.17, 15) is 0 Å². The normalized spacial score (nSPS) is 11.5. The van der Waals surface area contributed by atoms with Crippen LogP contribution in [0, 0.1) is 0 Å². The molecule has 16 rings (SSSR count). The van der Waals surface area contributed by atoms with Crippen LogP contribution in [0.5, 0.6) is 0 Å². The van der Waals surface area contributed by atoms with Crippen molar-refractivity contribution in [2.75, 3.05) is 0 Å². The Morgan fingerprint density at radius 3 is 0.674 bits per heavy atom. The molecule has 2 aromatic heterocycles. The summed E-state index contributed by atoms with van der Waals surface area (Å²) in [6.07, 6.45) is 0. The van der Waals surface area contributed by atoms with Gasteiger partial charge in [0, 0.05) is 32.9 Å². The van der Waals surface area contributed by atoms with Gasteiger partial charge in [-0.2, -0.15) is 0 Å². The van der Waals surface area contributed by atoms with E-state index < -0.39 is 0 Å². The summed E-state index contributed by atoms with van der Waals surface area (Å²) in [6, 6.07) is 124. The Hall–Kier alpha value is -11.3. The van der Waals surface area contributed by atoms with Crippen molar-refractivity contribution in [1.82, 2.24) is 9.13 Å². The van der Waals surface area contributed by atoms with Gasteiger partial charge in [-0.15, -0.1) is 0 Å². The van der Waals surface area contributed by atoms with Crippen LogP contribution >= 0.6 is 0 Å². The number of hydrogen-bond acceptors (Lipinski definition) is 0. The Balaban J connectivity index is 0.619. The summed E-state index contributed by atoms with van der Waals surface area (Å²) >= 11 is 0. The van der Waals surface area contributed by atoms with E-state index in [0.29, 0.717) is 0 Å². The zero-order chi connectivity index (χ0) is 56.9. The van der Waals surface area contributed by atoms with Crippen molar-refractivity contribution in [3.8, 4) is 112 Å². The summed E-state index contributed by atoms with van der Waals surface area (Å²) in [5, 5.41) is 4.97. The highest BCUT2D eigenvalue weighted by Crippen LogP contribution is 2.40. The molecule has 0 atom stereocenters. The van der Waals surface area contributed by atoms with Gasteiger partial charge in [-0.1, -0.05) is 261 Å². The molecule has 0 N–H and O–H groups in total. The van der Waals surface area contributed by atoms with E-state index in [-0.39, 0.29) is 0 Å². The van der Waals surface area contributed by atoms with Crippen LogP contribution in [-0.4, -0.2) is 9.13 Å². The molecule has 2 heteroatoms. The molecule has 14 aromatic carbocycles. The molecule has 0 saturated carbocycles. The molecule has 16 aromatic rings. The number of nitrogens with zero attached hydrogens (tertiary/aromatic N) is 2. The van der Waals surface area contributed by atoms with Gasteiger partial charge >= 0.3 is 0 Å². The molecule has 0 aliphatic rings. The van der Waals surface area contributed by atoms with Crippen molar-refractivity contribution < 1.29 is 0 Å². The molecule has 2 heterocycles. The molecule has 0 amide bonds. The monoisotopic (exact) mass is 1090 g/mol. The fraction of sp³-hybridized carbons (Fsp3) is 0. The second-order valence-electron chi connectivity index (χ2n) is 22.5. The summed E-state index contributed by atoms with van der Waals surface area (Å²) in [7, 11) is 0. The third-order valence-corrected chi connectivity index (χ3v) is 17.4. The Kier molecular flexibility index (Phi) is 12.6. The van der Waals surface area contributed by atoms with Gasteiger partial charge in [-0.25, -0.2) is 0 Å². The number of fused-ring (bicyclic) bond motifs is 6. The Labute approximate surface area is 501 Å². The average Bonchev–Trinajstić information content (AvgIpc) is 2.07. The molecule has 2 nitrogen and oxygen atoms in total. The van der Waals surface area contributed by atoms with Crippen LogP contribution in [0.2, 0.25) is 0 Å². The maximum absolute atomic E-state index is 2.41. The highest BCUT2D eigenvalue weighted by atomic mass is 15.0. The van der Waals surface area contributed by atoms with Crippen molar-refractivity contribution in [1.29, 1.82) is 0 Å². The van der Waals surface area contributed by atoms with Crippen LogP contribution in [-0.2, 0) is 0 Å². The van der Waals surface area contributed by atoms with Crippen molar-refractivity contribution in [3.05, 3.63) is 340 Å². The molecule has 0 spiro atoms. The third-order valence-electron chi connectivity index (χ3n) is 17.4. The molecule has 0 unspecified atom stereocenters. The highest BCUT2D eigenvalue weighted by molar-refractivity contribution is 6.13. The van der Waals surface area contributed by atoms with Gasteiger partial charge in [0.25, 0.3) is 0 Å². The van der Waals surface area contributed by atoms with E-state index in [4.69, 9.17) is 0 Å². The van der Waals surface area contributed by atoms with Crippen LogP contribution in [0.4, 0.5) is 0 Å². The van der Waals surface area contributed by atoms with Crippen LogP contribution in [0.25, 0.3) is 155 Å². The topological polar surface area (TPSA) is 9.86 Å². The molecule has 0 aliphatic carbocycles. The van der Waals surface area contributed by atoms with E-state index in [1.807, 2.05) is 0 Å². The molecule has 0 fully saturated rings. The Bertz CT molecular complexity index is 5150. The molecule has 402 valence electrons. The lowest BCUT2D eigenvalue weighted by atomic mass is 9.94. The standard InChI is InChI=1S/C84H56N2/c1-3-14-57(15-4-1)62-40-46-75(47-41-62)85-81-26-9-7-24-77(81)79-55-73(44-50-83(79)85)74-45-51-84-80(56-74)78-25-8-10-27-82(78)86(84)76-48-42-63(43-49-76)61-30-28-59(29-31-61)60-32-34-64(35-33-60)69-20-12-22-71(53-69)72-23-13-21-70(54-72)66-38-36-65(37-39-66)68-19-11-18-67(52-68)58-16-5-2-6-17-58/h1-56H. The van der Waals surface area contributed by atoms with E-state index in [2.05, 4.69) is 349 Å². The van der Waals surface area contributed by atoms with Crippen molar-refractivity contribution in [3.63, 3.8) is 0 Å². The smallest absolute Gasteiger partial charge is 0.0541 e. The van der Waals surface area contributed by atoms with Crippen LogP contribution in [0.15, 0.2) is 340 Å². The van der Waals surface area contributed by atoms with Crippen LogP contribution in [0.3, 0.4) is 0 Å². The maximum Gasteiger partial charge on any atom is 0.0541 e. The molecule has 0 radical (unpaired) electrons. The van der Waals surface area contributed by atoms with E-state index >= 15 is 0 Å². The zero-order valence-electron chi connectivity index (χ0n) is 47.2. The zero-order valence-corrected chi connectivity index (χ0v) is 47.2. The van der Waals surface area contributed by atoms with E-state index in [1.54, 1.807) is 0 Å². The van der Waals surface area contributed by atoms with Gasteiger partial charge in [-0.05, 0) is 179 Å². The number of aromatic nitrogens is 2. The lowest BCUT2D eigenvalue weighted by molar-refractivity contribution is 1.18.